The third-order valence-electron chi connectivity index (χ3n) is 7.86. The molecule has 4 unspecified atom stereocenters. The zero-order valence-corrected chi connectivity index (χ0v) is 18.0. The van der Waals surface area contributed by atoms with Gasteiger partial charge < -0.3 is 9.72 Å². The number of fused-ring (bicyclic) bond motifs is 4. The van der Waals surface area contributed by atoms with Crippen molar-refractivity contribution in [3.05, 3.63) is 71.4 Å². The number of para-hydroxylation sites is 1. The Morgan fingerprint density at radius 2 is 1.66 bits per heavy atom. The lowest BCUT2D eigenvalue weighted by atomic mass is 9.58. The number of aromatic amines is 1. The van der Waals surface area contributed by atoms with E-state index in [-0.39, 0.29) is 11.1 Å². The number of hydrogen-bond acceptors (Lipinski definition) is 2. The van der Waals surface area contributed by atoms with Gasteiger partial charge in [0.1, 0.15) is 5.60 Å². The highest BCUT2D eigenvalue weighted by atomic mass is 16.5. The second-order valence-corrected chi connectivity index (χ2v) is 9.41. The molecule has 0 bridgehead atoms. The SMILES string of the molecule is CC1CC(c2ccccc2)(N(C)C)C(C)CC12OCCc1c2[nH]c2ccccc12. The number of benzene rings is 2. The lowest BCUT2D eigenvalue weighted by Gasteiger charge is -2.57. The van der Waals surface area contributed by atoms with Crippen molar-refractivity contribution in [3.8, 4) is 0 Å². The van der Waals surface area contributed by atoms with Crippen LogP contribution in [0, 0.1) is 11.8 Å². The number of H-pyrrole nitrogens is 1. The smallest absolute Gasteiger partial charge is 0.111 e. The summed E-state index contributed by atoms with van der Waals surface area (Å²) >= 11 is 0. The van der Waals surface area contributed by atoms with Gasteiger partial charge in [0, 0.05) is 16.4 Å². The van der Waals surface area contributed by atoms with E-state index in [0.29, 0.717) is 11.8 Å². The van der Waals surface area contributed by atoms with Crippen molar-refractivity contribution in [2.45, 2.75) is 44.2 Å². The van der Waals surface area contributed by atoms with E-state index in [1.807, 2.05) is 0 Å². The van der Waals surface area contributed by atoms with E-state index in [0.717, 1.165) is 25.9 Å². The quantitative estimate of drug-likeness (QED) is 0.631. The predicted octanol–water partition coefficient (Wildman–Crippen LogP) is 5.46. The van der Waals surface area contributed by atoms with E-state index >= 15 is 0 Å². The molecule has 1 fully saturated rings. The van der Waals surface area contributed by atoms with Gasteiger partial charge in [-0.15, -0.1) is 0 Å². The van der Waals surface area contributed by atoms with Gasteiger partial charge in [-0.3, -0.25) is 4.90 Å². The molecule has 1 saturated carbocycles. The minimum absolute atomic E-state index is 0.0267. The van der Waals surface area contributed by atoms with Crippen LogP contribution in [0.15, 0.2) is 54.6 Å². The van der Waals surface area contributed by atoms with Crippen LogP contribution in [0.25, 0.3) is 10.9 Å². The summed E-state index contributed by atoms with van der Waals surface area (Å²) in [4.78, 5) is 6.24. The number of rotatable bonds is 2. The largest absolute Gasteiger partial charge is 0.368 e. The first-order chi connectivity index (χ1) is 14.0. The number of hydrogen-bond donors (Lipinski definition) is 1. The van der Waals surface area contributed by atoms with Crippen LogP contribution in [-0.2, 0) is 22.3 Å². The van der Waals surface area contributed by atoms with Crippen molar-refractivity contribution in [1.82, 2.24) is 9.88 Å². The monoisotopic (exact) mass is 388 g/mol. The Morgan fingerprint density at radius 3 is 2.41 bits per heavy atom. The highest BCUT2D eigenvalue weighted by Crippen LogP contribution is 2.57. The molecule has 2 aliphatic rings. The molecule has 4 atom stereocenters. The third-order valence-corrected chi connectivity index (χ3v) is 7.86. The van der Waals surface area contributed by atoms with Crippen molar-refractivity contribution >= 4 is 10.9 Å². The first-order valence-electron chi connectivity index (χ1n) is 11.0. The second kappa shape index (κ2) is 6.72. The summed E-state index contributed by atoms with van der Waals surface area (Å²) in [5.74, 6) is 0.877. The Labute approximate surface area is 174 Å². The number of nitrogens with zero attached hydrogens (tertiary/aromatic N) is 1. The lowest BCUT2D eigenvalue weighted by Crippen LogP contribution is -2.58. The molecule has 1 aliphatic carbocycles. The summed E-state index contributed by atoms with van der Waals surface area (Å²) in [6, 6.07) is 19.8. The molecule has 0 amide bonds. The van der Waals surface area contributed by atoms with E-state index in [9.17, 15) is 0 Å². The molecule has 1 aliphatic heterocycles. The van der Waals surface area contributed by atoms with Crippen LogP contribution < -0.4 is 0 Å². The van der Waals surface area contributed by atoms with Gasteiger partial charge in [0.25, 0.3) is 0 Å². The molecule has 2 aromatic carbocycles. The first kappa shape index (κ1) is 18.9. The van der Waals surface area contributed by atoms with Crippen molar-refractivity contribution in [1.29, 1.82) is 0 Å². The maximum absolute atomic E-state index is 6.70. The van der Waals surface area contributed by atoms with Gasteiger partial charge >= 0.3 is 0 Å². The zero-order chi connectivity index (χ0) is 20.2. The van der Waals surface area contributed by atoms with Crippen molar-refractivity contribution in [2.75, 3.05) is 20.7 Å². The fourth-order valence-electron chi connectivity index (χ4n) is 6.45. The summed E-state index contributed by atoms with van der Waals surface area (Å²) < 4.78 is 6.70. The lowest BCUT2D eigenvalue weighted by molar-refractivity contribution is -0.167. The van der Waals surface area contributed by atoms with Crippen LogP contribution in [0.5, 0.6) is 0 Å². The fourth-order valence-corrected chi connectivity index (χ4v) is 6.45. The number of aromatic nitrogens is 1. The Hall–Kier alpha value is -2.10. The number of ether oxygens (including phenoxy) is 1. The standard InChI is InChI=1S/C26H32N2O/c1-18-17-26(19(2)16-25(18,28(3)4)20-10-6-5-7-11-20)24-22(14-15-29-26)21-12-8-9-13-23(21)27-24/h5-13,18-19,27H,14-17H2,1-4H3. The molecule has 1 spiro atoms. The maximum Gasteiger partial charge on any atom is 0.111 e. The highest BCUT2D eigenvalue weighted by molar-refractivity contribution is 5.85. The molecule has 3 aromatic rings. The van der Waals surface area contributed by atoms with Crippen molar-refractivity contribution in [3.63, 3.8) is 0 Å². The summed E-state index contributed by atoms with van der Waals surface area (Å²) in [7, 11) is 4.48. The highest BCUT2D eigenvalue weighted by Gasteiger charge is 2.56. The van der Waals surface area contributed by atoms with Gasteiger partial charge in [0.2, 0.25) is 0 Å². The average molecular weight is 389 g/mol. The van der Waals surface area contributed by atoms with Crippen LogP contribution in [0.1, 0.15) is 43.5 Å². The molecular weight excluding hydrogens is 356 g/mol. The Balaban J connectivity index is 1.63. The molecular formula is C26H32N2O. The molecule has 1 aromatic heterocycles. The average Bonchev–Trinajstić information content (AvgIpc) is 3.11. The first-order valence-corrected chi connectivity index (χ1v) is 11.0. The number of nitrogens with one attached hydrogen (secondary N) is 1. The van der Waals surface area contributed by atoms with Gasteiger partial charge in [-0.05, 0) is 62.4 Å². The maximum atomic E-state index is 6.70. The Kier molecular flexibility index (Phi) is 4.38. The summed E-state index contributed by atoms with van der Waals surface area (Å²) in [6.07, 6.45) is 3.11. The molecule has 1 N–H and O–H groups in total. The van der Waals surface area contributed by atoms with Crippen LogP contribution in [-0.4, -0.2) is 30.6 Å². The topological polar surface area (TPSA) is 28.3 Å². The predicted molar refractivity (Wildman–Crippen MR) is 119 cm³/mol. The van der Waals surface area contributed by atoms with Crippen LogP contribution >= 0.6 is 0 Å². The van der Waals surface area contributed by atoms with Crippen molar-refractivity contribution in [2.24, 2.45) is 11.8 Å². The van der Waals surface area contributed by atoms with E-state index in [2.05, 4.69) is 92.4 Å². The van der Waals surface area contributed by atoms with Crippen LogP contribution in [0.3, 0.4) is 0 Å². The summed E-state index contributed by atoms with van der Waals surface area (Å²) in [5.41, 5.74) is 5.29. The van der Waals surface area contributed by atoms with E-state index in [1.54, 1.807) is 0 Å². The fraction of sp³-hybridized carbons (Fsp3) is 0.462. The molecule has 29 heavy (non-hydrogen) atoms. The van der Waals surface area contributed by atoms with E-state index in [1.165, 1.54) is 27.7 Å². The van der Waals surface area contributed by atoms with Gasteiger partial charge in [-0.2, -0.15) is 0 Å². The van der Waals surface area contributed by atoms with Crippen LogP contribution in [0.4, 0.5) is 0 Å². The van der Waals surface area contributed by atoms with E-state index < -0.39 is 0 Å². The Morgan fingerprint density at radius 1 is 0.931 bits per heavy atom. The van der Waals surface area contributed by atoms with Crippen molar-refractivity contribution < 1.29 is 4.74 Å². The minimum atomic E-state index is -0.222. The third kappa shape index (κ3) is 2.57. The summed E-state index contributed by atoms with van der Waals surface area (Å²) in [6.45, 7) is 5.63. The van der Waals surface area contributed by atoms with E-state index in [4.69, 9.17) is 4.74 Å². The molecule has 2 heterocycles. The molecule has 5 rings (SSSR count). The molecule has 3 heteroatoms. The van der Waals surface area contributed by atoms with Gasteiger partial charge in [-0.25, -0.2) is 0 Å². The van der Waals surface area contributed by atoms with Crippen LogP contribution in [0.2, 0.25) is 0 Å². The van der Waals surface area contributed by atoms with Gasteiger partial charge in [0.15, 0.2) is 0 Å². The summed E-state index contributed by atoms with van der Waals surface area (Å²) in [5, 5.41) is 1.37. The second-order valence-electron chi connectivity index (χ2n) is 9.41. The zero-order valence-electron chi connectivity index (χ0n) is 18.0. The molecule has 152 valence electrons. The molecule has 0 radical (unpaired) electrons. The minimum Gasteiger partial charge on any atom is -0.368 e. The Bertz CT molecular complexity index is 1020. The van der Waals surface area contributed by atoms with Gasteiger partial charge in [0.05, 0.1) is 12.3 Å². The molecule has 0 saturated heterocycles. The van der Waals surface area contributed by atoms with Gasteiger partial charge in [-0.1, -0.05) is 62.4 Å². The normalized spacial score (nSPS) is 32.0. The molecule has 3 nitrogen and oxygen atoms in total.